The van der Waals surface area contributed by atoms with E-state index >= 15 is 0 Å². The molecule has 2 amide bonds. The molecule has 3 rings (SSSR count). The van der Waals surface area contributed by atoms with Gasteiger partial charge in [0.15, 0.2) is 4.34 Å². The number of aromatic nitrogens is 1. The Bertz CT molecular complexity index is 613. The lowest BCUT2D eigenvalue weighted by Gasteiger charge is -2.12. The number of amides is 2. The minimum absolute atomic E-state index is 0.0395. The Balaban J connectivity index is 1.60. The summed E-state index contributed by atoms with van der Waals surface area (Å²) in [5, 5.41) is 2.80. The summed E-state index contributed by atoms with van der Waals surface area (Å²) in [5.41, 5.74) is 7.50. The van der Waals surface area contributed by atoms with Gasteiger partial charge in [0.25, 0.3) is 0 Å². The molecule has 5 nitrogen and oxygen atoms in total. The maximum absolute atomic E-state index is 11.4. The minimum atomic E-state index is 0.0395. The molecule has 19 heavy (non-hydrogen) atoms. The lowest BCUT2D eigenvalue weighted by Crippen LogP contribution is -2.30. The first kappa shape index (κ1) is 12.6. The fourth-order valence-electron chi connectivity index (χ4n) is 1.95. The van der Waals surface area contributed by atoms with Crippen LogP contribution in [-0.2, 0) is 0 Å². The number of urea groups is 1. The number of fused-ring (bicyclic) bond motifs is 1. The standard InChI is InChI=1S/C12H14N4OS2/c13-8-1-2-9-10(7-8)19-12(15-9)18-6-5-16-4-3-14-11(16)17/h1-2,7H,3-6,13H2,(H,14,17). The molecule has 7 heteroatoms. The molecule has 0 radical (unpaired) electrons. The van der Waals surface area contributed by atoms with Gasteiger partial charge in [-0.3, -0.25) is 0 Å². The average Bonchev–Trinajstić information content (AvgIpc) is 2.95. The SMILES string of the molecule is Nc1ccc2nc(SCCN3CCNC3=O)sc2c1. The summed E-state index contributed by atoms with van der Waals surface area (Å²) in [7, 11) is 0. The molecule has 0 unspecified atom stereocenters. The number of rotatable bonds is 4. The third-order valence-corrected chi connectivity index (χ3v) is 5.07. The highest BCUT2D eigenvalue weighted by Gasteiger charge is 2.18. The van der Waals surface area contributed by atoms with Gasteiger partial charge in [0, 0.05) is 31.1 Å². The predicted molar refractivity (Wildman–Crippen MR) is 79.7 cm³/mol. The van der Waals surface area contributed by atoms with Crippen molar-refractivity contribution in [1.82, 2.24) is 15.2 Å². The monoisotopic (exact) mass is 294 g/mol. The quantitative estimate of drug-likeness (QED) is 0.668. The van der Waals surface area contributed by atoms with Crippen LogP contribution < -0.4 is 11.1 Å². The van der Waals surface area contributed by atoms with Gasteiger partial charge in [0.05, 0.1) is 10.2 Å². The van der Waals surface area contributed by atoms with Crippen molar-refractivity contribution in [3.63, 3.8) is 0 Å². The Hall–Kier alpha value is -1.47. The third-order valence-electron chi connectivity index (χ3n) is 2.92. The van der Waals surface area contributed by atoms with Crippen LogP contribution in [0.2, 0.25) is 0 Å². The van der Waals surface area contributed by atoms with Gasteiger partial charge in [-0.2, -0.15) is 0 Å². The number of nitrogen functional groups attached to an aromatic ring is 1. The van der Waals surface area contributed by atoms with Crippen LogP contribution in [0.1, 0.15) is 0 Å². The highest BCUT2D eigenvalue weighted by atomic mass is 32.2. The van der Waals surface area contributed by atoms with Crippen LogP contribution >= 0.6 is 23.1 Å². The number of carbonyl (C=O) groups excluding carboxylic acids is 1. The van der Waals surface area contributed by atoms with E-state index in [9.17, 15) is 4.79 Å². The fraction of sp³-hybridized carbons (Fsp3) is 0.333. The molecule has 2 heterocycles. The zero-order valence-corrected chi connectivity index (χ0v) is 11.9. The Kier molecular flexibility index (Phi) is 3.48. The average molecular weight is 294 g/mol. The van der Waals surface area contributed by atoms with Crippen molar-refractivity contribution in [2.45, 2.75) is 4.34 Å². The van der Waals surface area contributed by atoms with Crippen LogP contribution in [0.5, 0.6) is 0 Å². The number of nitrogens with two attached hydrogens (primary N) is 1. The number of thiazole rings is 1. The number of hydrogen-bond donors (Lipinski definition) is 2. The number of carbonyl (C=O) groups is 1. The first-order valence-corrected chi connectivity index (χ1v) is 7.84. The normalized spacial score (nSPS) is 15.2. The first-order chi connectivity index (χ1) is 9.22. The second-order valence-electron chi connectivity index (χ2n) is 4.27. The summed E-state index contributed by atoms with van der Waals surface area (Å²) in [6.07, 6.45) is 0. The number of nitrogens with one attached hydrogen (secondary N) is 1. The molecule has 0 bridgehead atoms. The molecule has 0 spiro atoms. The molecule has 3 N–H and O–H groups in total. The van der Waals surface area contributed by atoms with E-state index in [1.165, 1.54) is 0 Å². The van der Waals surface area contributed by atoms with Crippen molar-refractivity contribution in [2.75, 3.05) is 31.1 Å². The Morgan fingerprint density at radius 1 is 1.53 bits per heavy atom. The van der Waals surface area contributed by atoms with Gasteiger partial charge in [-0.1, -0.05) is 11.8 Å². The van der Waals surface area contributed by atoms with Crippen LogP contribution in [0.25, 0.3) is 10.2 Å². The van der Waals surface area contributed by atoms with Crippen molar-refractivity contribution in [3.8, 4) is 0 Å². The van der Waals surface area contributed by atoms with Crippen molar-refractivity contribution >= 4 is 45.0 Å². The second kappa shape index (κ2) is 5.26. The number of benzene rings is 1. The van der Waals surface area contributed by atoms with Gasteiger partial charge in [-0.25, -0.2) is 9.78 Å². The van der Waals surface area contributed by atoms with Gasteiger partial charge < -0.3 is 16.0 Å². The molecule has 1 fully saturated rings. The van der Waals surface area contributed by atoms with Gasteiger partial charge in [-0.15, -0.1) is 11.3 Å². The molecule has 1 aliphatic heterocycles. The van der Waals surface area contributed by atoms with Crippen LogP contribution in [0, 0.1) is 0 Å². The van der Waals surface area contributed by atoms with E-state index in [1.54, 1.807) is 23.1 Å². The van der Waals surface area contributed by atoms with E-state index in [2.05, 4.69) is 10.3 Å². The van der Waals surface area contributed by atoms with Crippen LogP contribution in [-0.4, -0.2) is 41.3 Å². The third kappa shape index (κ3) is 2.76. The lowest BCUT2D eigenvalue weighted by atomic mass is 10.3. The van der Waals surface area contributed by atoms with Gasteiger partial charge in [0.1, 0.15) is 0 Å². The van der Waals surface area contributed by atoms with E-state index in [0.717, 1.165) is 45.6 Å². The van der Waals surface area contributed by atoms with Crippen molar-refractivity contribution in [1.29, 1.82) is 0 Å². The van der Waals surface area contributed by atoms with Crippen molar-refractivity contribution in [3.05, 3.63) is 18.2 Å². The van der Waals surface area contributed by atoms with Gasteiger partial charge in [0.2, 0.25) is 0 Å². The van der Waals surface area contributed by atoms with E-state index in [-0.39, 0.29) is 6.03 Å². The summed E-state index contributed by atoms with van der Waals surface area (Å²) in [5.74, 6) is 0.864. The maximum atomic E-state index is 11.4. The number of nitrogens with zero attached hydrogens (tertiary/aromatic N) is 2. The minimum Gasteiger partial charge on any atom is -0.399 e. The summed E-state index contributed by atoms with van der Waals surface area (Å²) >= 11 is 3.33. The molecular formula is C12H14N4OS2. The number of thioether (sulfide) groups is 1. The van der Waals surface area contributed by atoms with Crippen LogP contribution in [0.3, 0.4) is 0 Å². The van der Waals surface area contributed by atoms with Crippen LogP contribution in [0.15, 0.2) is 22.5 Å². The summed E-state index contributed by atoms with van der Waals surface area (Å²) in [4.78, 5) is 17.7. The Morgan fingerprint density at radius 3 is 3.21 bits per heavy atom. The second-order valence-corrected chi connectivity index (χ2v) is 6.65. The molecule has 1 aliphatic rings. The molecule has 0 atom stereocenters. The van der Waals surface area contributed by atoms with E-state index < -0.39 is 0 Å². The summed E-state index contributed by atoms with van der Waals surface area (Å²) in [6.45, 7) is 2.31. The Labute approximate surface area is 119 Å². The molecule has 2 aromatic rings. The number of anilines is 1. The van der Waals surface area contributed by atoms with Crippen molar-refractivity contribution in [2.24, 2.45) is 0 Å². The molecule has 1 saturated heterocycles. The first-order valence-electron chi connectivity index (χ1n) is 6.04. The van der Waals surface area contributed by atoms with Crippen LogP contribution in [0.4, 0.5) is 10.5 Å². The molecule has 1 aromatic heterocycles. The zero-order valence-electron chi connectivity index (χ0n) is 10.3. The van der Waals surface area contributed by atoms with Gasteiger partial charge in [-0.05, 0) is 18.2 Å². The summed E-state index contributed by atoms with van der Waals surface area (Å²) in [6, 6.07) is 5.80. The highest BCUT2D eigenvalue weighted by Crippen LogP contribution is 2.30. The molecule has 1 aromatic carbocycles. The molecule has 0 saturated carbocycles. The van der Waals surface area contributed by atoms with Crippen molar-refractivity contribution < 1.29 is 4.79 Å². The maximum Gasteiger partial charge on any atom is 0.317 e. The molecule has 0 aliphatic carbocycles. The summed E-state index contributed by atoms with van der Waals surface area (Å²) < 4.78 is 2.14. The number of hydrogen-bond acceptors (Lipinski definition) is 5. The fourth-order valence-corrected chi connectivity index (χ4v) is 4.10. The molecule has 100 valence electrons. The zero-order chi connectivity index (χ0) is 13.2. The van der Waals surface area contributed by atoms with E-state index in [4.69, 9.17) is 5.73 Å². The smallest absolute Gasteiger partial charge is 0.317 e. The Morgan fingerprint density at radius 2 is 2.42 bits per heavy atom. The highest BCUT2D eigenvalue weighted by molar-refractivity contribution is 8.01. The largest absolute Gasteiger partial charge is 0.399 e. The molecular weight excluding hydrogens is 280 g/mol. The van der Waals surface area contributed by atoms with E-state index in [1.807, 2.05) is 23.1 Å². The van der Waals surface area contributed by atoms with E-state index in [0.29, 0.717) is 0 Å². The van der Waals surface area contributed by atoms with Gasteiger partial charge >= 0.3 is 6.03 Å². The predicted octanol–water partition coefficient (Wildman–Crippen LogP) is 2.00. The topological polar surface area (TPSA) is 71.2 Å². The lowest BCUT2D eigenvalue weighted by molar-refractivity contribution is 0.220.